The molecule has 0 saturated carbocycles. The van der Waals surface area contributed by atoms with Gasteiger partial charge in [-0.15, -0.1) is 0 Å². The van der Waals surface area contributed by atoms with Crippen LogP contribution in [0.3, 0.4) is 0 Å². The summed E-state index contributed by atoms with van der Waals surface area (Å²) in [7, 11) is 0. The van der Waals surface area contributed by atoms with E-state index in [-0.39, 0.29) is 17.3 Å². The fourth-order valence-corrected chi connectivity index (χ4v) is 1.73. The van der Waals surface area contributed by atoms with Gasteiger partial charge in [-0.05, 0) is 19.5 Å². The first-order valence-corrected chi connectivity index (χ1v) is 6.10. The number of hydrogen-bond acceptors (Lipinski definition) is 7. The van der Waals surface area contributed by atoms with E-state index in [9.17, 15) is 10.1 Å². The topological polar surface area (TPSA) is 117 Å². The Bertz CT molecular complexity index is 611. The molecule has 2 aromatic rings. The molecule has 8 heteroatoms. The molecule has 106 valence electrons. The van der Waals surface area contributed by atoms with Gasteiger partial charge in [-0.3, -0.25) is 10.1 Å². The summed E-state index contributed by atoms with van der Waals surface area (Å²) in [5.74, 6) is 0.764. The average molecular weight is 278 g/mol. The normalized spacial score (nSPS) is 10.5. The summed E-state index contributed by atoms with van der Waals surface area (Å²) >= 11 is 0. The van der Waals surface area contributed by atoms with Gasteiger partial charge in [0.15, 0.2) is 5.82 Å². The van der Waals surface area contributed by atoms with Crippen molar-refractivity contribution in [2.45, 2.75) is 13.3 Å². The van der Waals surface area contributed by atoms with E-state index in [1.54, 1.807) is 19.1 Å². The monoisotopic (exact) mass is 278 g/mol. The predicted octanol–water partition coefficient (Wildman–Crippen LogP) is 1.54. The van der Waals surface area contributed by atoms with Crippen molar-refractivity contribution in [3.63, 3.8) is 0 Å². The van der Waals surface area contributed by atoms with E-state index in [0.717, 1.165) is 0 Å². The number of hydrogen-bond donors (Lipinski definition) is 1. The third-order valence-electron chi connectivity index (χ3n) is 2.55. The first-order chi connectivity index (χ1) is 9.67. The van der Waals surface area contributed by atoms with Crippen LogP contribution in [0, 0.1) is 10.1 Å². The molecule has 0 fully saturated rings. The average Bonchev–Trinajstić information content (AvgIpc) is 2.88. The molecular formula is C12H14N4O4. The van der Waals surface area contributed by atoms with Gasteiger partial charge in [0.2, 0.25) is 5.75 Å². The Morgan fingerprint density at radius 2 is 2.30 bits per heavy atom. The summed E-state index contributed by atoms with van der Waals surface area (Å²) < 4.78 is 10.5. The number of nitro benzene ring substituents is 1. The third kappa shape index (κ3) is 2.75. The second kappa shape index (κ2) is 6.11. The molecule has 0 unspecified atom stereocenters. The van der Waals surface area contributed by atoms with Crippen molar-refractivity contribution >= 4 is 5.69 Å². The summed E-state index contributed by atoms with van der Waals surface area (Å²) in [6, 6.07) is 4.55. The molecule has 0 saturated heterocycles. The smallest absolute Gasteiger partial charge is 0.311 e. The van der Waals surface area contributed by atoms with Gasteiger partial charge in [-0.25, -0.2) is 0 Å². The predicted molar refractivity (Wildman–Crippen MR) is 70.3 cm³/mol. The van der Waals surface area contributed by atoms with Crippen LogP contribution in [0.2, 0.25) is 0 Å². The van der Waals surface area contributed by atoms with E-state index in [4.69, 9.17) is 15.0 Å². The van der Waals surface area contributed by atoms with Crippen molar-refractivity contribution in [1.82, 2.24) is 10.1 Å². The first-order valence-electron chi connectivity index (χ1n) is 6.10. The van der Waals surface area contributed by atoms with Crippen molar-refractivity contribution < 1.29 is 14.2 Å². The Hall–Kier alpha value is -2.48. The van der Waals surface area contributed by atoms with E-state index in [2.05, 4.69) is 10.1 Å². The molecule has 0 aliphatic heterocycles. The zero-order chi connectivity index (χ0) is 14.5. The van der Waals surface area contributed by atoms with Crippen LogP contribution in [-0.2, 0) is 6.42 Å². The van der Waals surface area contributed by atoms with Crippen LogP contribution in [0.1, 0.15) is 12.7 Å². The molecule has 1 aromatic heterocycles. The fraction of sp³-hybridized carbons (Fsp3) is 0.333. The minimum absolute atomic E-state index is 0.128. The van der Waals surface area contributed by atoms with Crippen LogP contribution in [-0.4, -0.2) is 28.2 Å². The number of rotatable bonds is 6. The van der Waals surface area contributed by atoms with Gasteiger partial charge in [0, 0.05) is 12.5 Å². The Kier molecular flexibility index (Phi) is 4.26. The van der Waals surface area contributed by atoms with Crippen molar-refractivity contribution in [3.05, 3.63) is 34.1 Å². The first kappa shape index (κ1) is 13.9. The van der Waals surface area contributed by atoms with E-state index < -0.39 is 4.92 Å². The molecule has 0 amide bonds. The summed E-state index contributed by atoms with van der Waals surface area (Å²) in [5.41, 5.74) is 5.68. The molecule has 0 spiro atoms. The van der Waals surface area contributed by atoms with E-state index in [1.807, 2.05) is 0 Å². The van der Waals surface area contributed by atoms with Crippen molar-refractivity contribution in [3.8, 4) is 17.2 Å². The van der Waals surface area contributed by atoms with Gasteiger partial charge in [-0.2, -0.15) is 4.98 Å². The van der Waals surface area contributed by atoms with Gasteiger partial charge >= 0.3 is 5.69 Å². The number of nitrogens with two attached hydrogens (primary N) is 1. The quantitative estimate of drug-likeness (QED) is 0.629. The highest BCUT2D eigenvalue weighted by molar-refractivity contribution is 5.69. The van der Waals surface area contributed by atoms with Gasteiger partial charge < -0.3 is 15.0 Å². The third-order valence-corrected chi connectivity index (χ3v) is 2.55. The van der Waals surface area contributed by atoms with Crippen molar-refractivity contribution in [2.24, 2.45) is 5.73 Å². The van der Waals surface area contributed by atoms with Crippen molar-refractivity contribution in [2.75, 3.05) is 13.2 Å². The number of aromatic nitrogens is 2. The molecule has 1 aromatic carbocycles. The number of para-hydroxylation sites is 1. The molecule has 1 heterocycles. The molecule has 0 radical (unpaired) electrons. The zero-order valence-corrected chi connectivity index (χ0v) is 10.9. The summed E-state index contributed by atoms with van der Waals surface area (Å²) in [6.45, 7) is 2.43. The number of nitrogens with zero attached hydrogens (tertiary/aromatic N) is 3. The zero-order valence-electron chi connectivity index (χ0n) is 10.9. The fourth-order valence-electron chi connectivity index (χ4n) is 1.73. The maximum absolute atomic E-state index is 11.0. The van der Waals surface area contributed by atoms with Gasteiger partial charge in [0.25, 0.3) is 5.89 Å². The minimum Gasteiger partial charge on any atom is -0.487 e. The van der Waals surface area contributed by atoms with E-state index in [0.29, 0.717) is 31.0 Å². The highest BCUT2D eigenvalue weighted by Gasteiger charge is 2.23. The lowest BCUT2D eigenvalue weighted by atomic mass is 10.1. The molecule has 2 rings (SSSR count). The SMILES string of the molecule is CCOc1c(-c2nc(CCN)no2)cccc1[N+](=O)[O-]. The Balaban J connectivity index is 2.48. The highest BCUT2D eigenvalue weighted by atomic mass is 16.6. The van der Waals surface area contributed by atoms with Crippen LogP contribution in [0.5, 0.6) is 5.75 Å². The second-order valence-electron chi connectivity index (χ2n) is 3.90. The van der Waals surface area contributed by atoms with Crippen LogP contribution < -0.4 is 10.5 Å². The molecule has 8 nitrogen and oxygen atoms in total. The van der Waals surface area contributed by atoms with Gasteiger partial charge in [0.05, 0.1) is 17.1 Å². The lowest BCUT2D eigenvalue weighted by Crippen LogP contribution is -2.04. The molecule has 0 aliphatic carbocycles. The van der Waals surface area contributed by atoms with Crippen LogP contribution in [0.4, 0.5) is 5.69 Å². The molecular weight excluding hydrogens is 264 g/mol. The summed E-state index contributed by atoms with van der Waals surface area (Å²) in [5, 5.41) is 14.8. The van der Waals surface area contributed by atoms with E-state index >= 15 is 0 Å². The van der Waals surface area contributed by atoms with E-state index in [1.165, 1.54) is 6.07 Å². The lowest BCUT2D eigenvalue weighted by molar-refractivity contribution is -0.385. The second-order valence-corrected chi connectivity index (χ2v) is 3.90. The minimum atomic E-state index is -0.508. The van der Waals surface area contributed by atoms with Gasteiger partial charge in [-0.1, -0.05) is 11.2 Å². The van der Waals surface area contributed by atoms with Crippen LogP contribution in [0.15, 0.2) is 22.7 Å². The standard InChI is InChI=1S/C12H14N4O4/c1-2-19-11-8(4-3-5-9(11)16(17)18)12-14-10(6-7-13)15-20-12/h3-5H,2,6-7,13H2,1H3. The van der Waals surface area contributed by atoms with Crippen LogP contribution >= 0.6 is 0 Å². The molecule has 2 N–H and O–H groups in total. The van der Waals surface area contributed by atoms with Crippen LogP contribution in [0.25, 0.3) is 11.5 Å². The van der Waals surface area contributed by atoms with Crippen molar-refractivity contribution in [1.29, 1.82) is 0 Å². The summed E-state index contributed by atoms with van der Waals surface area (Å²) in [6.07, 6.45) is 0.475. The Morgan fingerprint density at radius 1 is 1.50 bits per heavy atom. The Morgan fingerprint density at radius 3 is 2.95 bits per heavy atom. The lowest BCUT2D eigenvalue weighted by Gasteiger charge is -2.07. The number of ether oxygens (including phenoxy) is 1. The maximum Gasteiger partial charge on any atom is 0.311 e. The highest BCUT2D eigenvalue weighted by Crippen LogP contribution is 2.37. The summed E-state index contributed by atoms with van der Waals surface area (Å²) in [4.78, 5) is 14.7. The largest absolute Gasteiger partial charge is 0.487 e. The number of benzene rings is 1. The van der Waals surface area contributed by atoms with Gasteiger partial charge in [0.1, 0.15) is 0 Å². The Labute approximate surface area is 114 Å². The maximum atomic E-state index is 11.0. The molecule has 0 aliphatic rings. The molecule has 0 bridgehead atoms. The number of nitro groups is 1. The molecule has 0 atom stereocenters. The molecule has 20 heavy (non-hydrogen) atoms.